The maximum Gasteiger partial charge on any atom is 0.307 e. The van der Waals surface area contributed by atoms with Crippen molar-refractivity contribution >= 4 is 36.9 Å². The van der Waals surface area contributed by atoms with E-state index in [0.29, 0.717) is 18.4 Å². The molecule has 3 aromatic carbocycles. The number of unbranched alkanes of at least 4 members (excludes halogenated alkanes) is 1. The van der Waals surface area contributed by atoms with Gasteiger partial charge in [0.25, 0.3) is 10.0 Å². The molecule has 41 heavy (non-hydrogen) atoms. The van der Waals surface area contributed by atoms with Crippen LogP contribution in [-0.2, 0) is 36.0 Å². The maximum absolute atomic E-state index is 14.3. The topological polar surface area (TPSA) is 103 Å². The summed E-state index contributed by atoms with van der Waals surface area (Å²) in [5.41, 5.74) is 3.26. The lowest BCUT2D eigenvalue weighted by atomic mass is 9.97. The van der Waals surface area contributed by atoms with Gasteiger partial charge in [0.1, 0.15) is 0 Å². The molecule has 0 spiro atoms. The fourth-order valence-electron chi connectivity index (χ4n) is 5.36. The van der Waals surface area contributed by atoms with Crippen molar-refractivity contribution in [2.24, 2.45) is 0 Å². The first-order chi connectivity index (χ1) is 19.6. The first kappa shape index (κ1) is 29.0. The molecule has 1 unspecified atom stereocenters. The van der Waals surface area contributed by atoms with Crippen molar-refractivity contribution in [3.63, 3.8) is 0 Å². The number of ether oxygens (including phenoxy) is 1. The zero-order valence-electron chi connectivity index (χ0n) is 23.4. The normalized spacial score (nSPS) is 16.0. The molecule has 10 heteroatoms. The minimum atomic E-state index is -4.17. The lowest BCUT2D eigenvalue weighted by Crippen LogP contribution is -2.42. The molecule has 4 aromatic rings. The van der Waals surface area contributed by atoms with Gasteiger partial charge in [0.15, 0.2) is 0 Å². The molecule has 0 aliphatic carbocycles. The molecule has 0 radical (unpaired) electrons. The van der Waals surface area contributed by atoms with Crippen LogP contribution in [0.15, 0.2) is 82.6 Å². The third-order valence-electron chi connectivity index (χ3n) is 7.53. The molecular weight excluding hydrogens is 560 g/mol. The van der Waals surface area contributed by atoms with E-state index in [0.717, 1.165) is 28.5 Å². The van der Waals surface area contributed by atoms with Gasteiger partial charge in [0.2, 0.25) is 10.0 Å². The van der Waals surface area contributed by atoms with Crippen molar-refractivity contribution in [1.29, 1.82) is 0 Å². The molecule has 216 valence electrons. The quantitative estimate of drug-likeness (QED) is 0.187. The first-order valence-corrected chi connectivity index (χ1v) is 16.6. The Hall–Kier alpha value is -3.47. The lowest BCUT2D eigenvalue weighted by molar-refractivity contribution is -0.145. The van der Waals surface area contributed by atoms with Gasteiger partial charge in [-0.15, -0.1) is 0 Å². The molecule has 1 aromatic heterocycles. The first-order valence-electron chi connectivity index (χ1n) is 13.7. The number of nitrogens with zero attached hydrogens (tertiary/aromatic N) is 2. The Morgan fingerprint density at radius 2 is 1.44 bits per heavy atom. The Morgan fingerprint density at radius 1 is 0.854 bits per heavy atom. The van der Waals surface area contributed by atoms with E-state index in [9.17, 15) is 21.6 Å². The zero-order chi connectivity index (χ0) is 29.4. The van der Waals surface area contributed by atoms with Gasteiger partial charge in [0, 0.05) is 11.9 Å². The van der Waals surface area contributed by atoms with Crippen LogP contribution in [0, 0.1) is 13.8 Å². The minimum Gasteiger partial charge on any atom is -0.466 e. The largest absolute Gasteiger partial charge is 0.466 e. The summed E-state index contributed by atoms with van der Waals surface area (Å²) < 4.78 is 64.6. The fraction of sp³-hybridized carbons (Fsp3) is 0.323. The molecule has 0 amide bonds. The zero-order valence-corrected chi connectivity index (χ0v) is 25.0. The standard InChI is InChI=1S/C31H34N2O6S2/c1-4-5-20-39-30(34)21-29-31-27(18-19-32(29)40(35,36)24-14-10-22(2)11-15-24)26-8-6-7-9-28(26)33(31)41(37,38)25-16-12-23(3)13-17-25/h6-17,29H,4-5,18-21H2,1-3H3. The van der Waals surface area contributed by atoms with E-state index in [1.54, 1.807) is 48.5 Å². The number of carbonyl (C=O) groups is 1. The summed E-state index contributed by atoms with van der Waals surface area (Å²) in [7, 11) is -8.26. The van der Waals surface area contributed by atoms with Crippen molar-refractivity contribution in [2.45, 2.75) is 62.3 Å². The molecule has 0 fully saturated rings. The van der Waals surface area contributed by atoms with E-state index in [4.69, 9.17) is 4.74 Å². The number of sulfonamides is 1. The molecule has 8 nitrogen and oxygen atoms in total. The van der Waals surface area contributed by atoms with Crippen LogP contribution in [0.2, 0.25) is 0 Å². The van der Waals surface area contributed by atoms with Gasteiger partial charge >= 0.3 is 5.97 Å². The smallest absolute Gasteiger partial charge is 0.307 e. The Kier molecular flexibility index (Phi) is 8.09. The Labute approximate surface area is 241 Å². The fourth-order valence-corrected chi connectivity index (χ4v) is 8.55. The Bertz CT molecular complexity index is 1790. The van der Waals surface area contributed by atoms with E-state index in [1.165, 1.54) is 20.4 Å². The summed E-state index contributed by atoms with van der Waals surface area (Å²) in [6.45, 7) is 6.02. The van der Waals surface area contributed by atoms with Crippen LogP contribution in [0.5, 0.6) is 0 Å². The number of rotatable bonds is 9. The lowest BCUT2D eigenvalue weighted by Gasteiger charge is -2.35. The predicted octanol–water partition coefficient (Wildman–Crippen LogP) is 5.52. The second-order valence-corrected chi connectivity index (χ2v) is 14.1. The van der Waals surface area contributed by atoms with E-state index in [1.807, 2.05) is 32.9 Å². The maximum atomic E-state index is 14.3. The van der Waals surface area contributed by atoms with Gasteiger partial charge in [-0.05, 0) is 62.6 Å². The average Bonchev–Trinajstić information content (AvgIpc) is 3.29. The van der Waals surface area contributed by atoms with Crippen LogP contribution in [0.4, 0.5) is 0 Å². The van der Waals surface area contributed by atoms with E-state index >= 15 is 0 Å². The van der Waals surface area contributed by atoms with Crippen molar-refractivity contribution in [2.75, 3.05) is 13.2 Å². The van der Waals surface area contributed by atoms with Crippen LogP contribution in [-0.4, -0.2) is 44.2 Å². The Balaban J connectivity index is 1.73. The predicted molar refractivity (Wildman–Crippen MR) is 158 cm³/mol. The number of hydrogen-bond acceptors (Lipinski definition) is 6. The summed E-state index contributed by atoms with van der Waals surface area (Å²) in [6.07, 6.45) is 1.48. The summed E-state index contributed by atoms with van der Waals surface area (Å²) >= 11 is 0. The van der Waals surface area contributed by atoms with Crippen LogP contribution in [0.25, 0.3) is 10.9 Å². The number of para-hydroxylation sites is 1. The van der Waals surface area contributed by atoms with E-state index in [2.05, 4.69) is 0 Å². The molecule has 0 saturated heterocycles. The van der Waals surface area contributed by atoms with Crippen molar-refractivity contribution < 1.29 is 26.4 Å². The van der Waals surface area contributed by atoms with E-state index < -0.39 is 32.1 Å². The number of benzene rings is 3. The monoisotopic (exact) mass is 594 g/mol. The van der Waals surface area contributed by atoms with Crippen LogP contribution in [0.3, 0.4) is 0 Å². The molecule has 0 saturated carbocycles. The van der Waals surface area contributed by atoms with Gasteiger partial charge < -0.3 is 4.74 Å². The summed E-state index contributed by atoms with van der Waals surface area (Å²) in [4.78, 5) is 13.3. The van der Waals surface area contributed by atoms with Crippen molar-refractivity contribution in [3.8, 4) is 0 Å². The molecule has 5 rings (SSSR count). The number of carbonyl (C=O) groups excluding carboxylic acids is 1. The minimum absolute atomic E-state index is 0.0782. The summed E-state index contributed by atoms with van der Waals surface area (Å²) in [5, 5.41) is 0.718. The molecule has 0 bridgehead atoms. The molecule has 0 N–H and O–H groups in total. The van der Waals surface area contributed by atoms with Gasteiger partial charge in [-0.3, -0.25) is 4.79 Å². The van der Waals surface area contributed by atoms with E-state index in [-0.39, 0.29) is 35.1 Å². The molecular formula is C31H34N2O6S2. The number of aryl methyl sites for hydroxylation is 2. The van der Waals surface area contributed by atoms with Crippen LogP contribution < -0.4 is 0 Å². The van der Waals surface area contributed by atoms with Crippen molar-refractivity contribution in [1.82, 2.24) is 8.28 Å². The summed E-state index contributed by atoms with van der Waals surface area (Å²) in [6, 6.07) is 19.1. The second-order valence-electron chi connectivity index (χ2n) is 10.4. The third-order valence-corrected chi connectivity index (χ3v) is 11.2. The molecule has 2 heterocycles. The van der Waals surface area contributed by atoms with Crippen LogP contribution >= 0.6 is 0 Å². The summed E-state index contributed by atoms with van der Waals surface area (Å²) in [5.74, 6) is -0.579. The van der Waals surface area contributed by atoms with Crippen LogP contribution in [0.1, 0.15) is 54.6 Å². The highest BCUT2D eigenvalue weighted by atomic mass is 32.2. The molecule has 1 aliphatic rings. The number of aromatic nitrogens is 1. The third kappa shape index (κ3) is 5.43. The number of fused-ring (bicyclic) bond motifs is 3. The van der Waals surface area contributed by atoms with Gasteiger partial charge in [-0.25, -0.2) is 20.8 Å². The number of esters is 1. The highest BCUT2D eigenvalue weighted by molar-refractivity contribution is 7.90. The molecule has 1 atom stereocenters. The van der Waals surface area contributed by atoms with Gasteiger partial charge in [-0.1, -0.05) is 66.9 Å². The number of hydrogen-bond donors (Lipinski definition) is 0. The van der Waals surface area contributed by atoms with Gasteiger partial charge in [0.05, 0.1) is 40.1 Å². The average molecular weight is 595 g/mol. The SMILES string of the molecule is CCCCOC(=O)CC1c2c(c3ccccc3n2S(=O)(=O)c2ccc(C)cc2)CCN1S(=O)(=O)c1ccc(C)cc1. The Morgan fingerprint density at radius 3 is 2.05 bits per heavy atom. The molecule has 1 aliphatic heterocycles. The second kappa shape index (κ2) is 11.4. The van der Waals surface area contributed by atoms with Crippen molar-refractivity contribution in [3.05, 3.63) is 95.2 Å². The highest BCUT2D eigenvalue weighted by Gasteiger charge is 2.43. The highest BCUT2D eigenvalue weighted by Crippen LogP contribution is 2.43. The van der Waals surface area contributed by atoms with Gasteiger partial charge in [-0.2, -0.15) is 4.31 Å².